The van der Waals surface area contributed by atoms with Gasteiger partial charge in [0.15, 0.2) is 5.96 Å². The molecule has 6 heteroatoms. The number of hydrogen-bond acceptors (Lipinski definition) is 3. The summed E-state index contributed by atoms with van der Waals surface area (Å²) in [6.07, 6.45) is 3.32. The molecule has 1 saturated heterocycles. The van der Waals surface area contributed by atoms with Crippen LogP contribution in [-0.4, -0.2) is 45.0 Å². The van der Waals surface area contributed by atoms with E-state index in [1.165, 1.54) is 0 Å². The summed E-state index contributed by atoms with van der Waals surface area (Å²) >= 11 is 0. The highest BCUT2D eigenvalue weighted by Gasteiger charge is 2.13. The zero-order valence-electron chi connectivity index (χ0n) is 11.7. The van der Waals surface area contributed by atoms with Gasteiger partial charge in [-0.25, -0.2) is 4.99 Å². The predicted octanol–water partition coefficient (Wildman–Crippen LogP) is 1.67. The number of hydrogen-bond donors (Lipinski definition) is 2. The standard InChI is InChI=1S/C13H25N3O2.HI/c1-11(2)10-16-13(14)15-6-3-7-18-12-4-8-17-9-5-12;/h12H,1,3-10H2,2H3,(H3,14,15,16);1H. The van der Waals surface area contributed by atoms with Crippen LogP contribution in [0, 0.1) is 0 Å². The Labute approximate surface area is 133 Å². The second-order valence-electron chi connectivity index (χ2n) is 4.62. The normalized spacial score (nSPS) is 16.8. The van der Waals surface area contributed by atoms with E-state index >= 15 is 0 Å². The molecule has 0 aliphatic carbocycles. The summed E-state index contributed by atoms with van der Waals surface area (Å²) < 4.78 is 11.0. The average Bonchev–Trinajstić information content (AvgIpc) is 2.37. The molecule has 0 amide bonds. The first-order chi connectivity index (χ1) is 8.68. The number of aliphatic imine (C=N–C) groups is 1. The molecule has 112 valence electrons. The quantitative estimate of drug-likeness (QED) is 0.231. The second kappa shape index (κ2) is 11.5. The van der Waals surface area contributed by atoms with Crippen molar-refractivity contribution in [2.24, 2.45) is 10.7 Å². The lowest BCUT2D eigenvalue weighted by Crippen LogP contribution is -2.33. The summed E-state index contributed by atoms with van der Waals surface area (Å²) in [7, 11) is 0. The second-order valence-corrected chi connectivity index (χ2v) is 4.62. The van der Waals surface area contributed by atoms with Crippen molar-refractivity contribution in [1.82, 2.24) is 5.32 Å². The van der Waals surface area contributed by atoms with Crippen LogP contribution in [0.5, 0.6) is 0 Å². The number of nitrogens with two attached hydrogens (primary N) is 1. The number of ether oxygens (including phenoxy) is 2. The molecule has 19 heavy (non-hydrogen) atoms. The van der Waals surface area contributed by atoms with Crippen LogP contribution in [0.4, 0.5) is 0 Å². The molecule has 1 aliphatic heterocycles. The molecule has 1 aliphatic rings. The lowest BCUT2D eigenvalue weighted by molar-refractivity contribution is -0.0320. The monoisotopic (exact) mass is 383 g/mol. The Morgan fingerprint density at radius 1 is 1.47 bits per heavy atom. The van der Waals surface area contributed by atoms with E-state index in [-0.39, 0.29) is 24.0 Å². The first kappa shape index (κ1) is 18.7. The third-order valence-electron chi connectivity index (χ3n) is 2.67. The summed E-state index contributed by atoms with van der Waals surface area (Å²) in [5, 5.41) is 3.06. The number of rotatable bonds is 7. The van der Waals surface area contributed by atoms with Crippen molar-refractivity contribution in [2.45, 2.75) is 32.3 Å². The Morgan fingerprint density at radius 3 is 2.79 bits per heavy atom. The van der Waals surface area contributed by atoms with Gasteiger partial charge in [-0.2, -0.15) is 0 Å². The van der Waals surface area contributed by atoms with Crippen molar-refractivity contribution in [3.05, 3.63) is 12.2 Å². The summed E-state index contributed by atoms with van der Waals surface area (Å²) in [5.41, 5.74) is 6.69. The van der Waals surface area contributed by atoms with Crippen LogP contribution in [0.3, 0.4) is 0 Å². The SMILES string of the molecule is C=C(C)CN=C(N)NCCCOC1CCOCC1.I. The number of nitrogens with zero attached hydrogens (tertiary/aromatic N) is 1. The van der Waals surface area contributed by atoms with Crippen molar-refractivity contribution < 1.29 is 9.47 Å². The summed E-state index contributed by atoms with van der Waals surface area (Å²) in [4.78, 5) is 4.14. The molecule has 1 heterocycles. The van der Waals surface area contributed by atoms with Crippen LogP contribution in [0.25, 0.3) is 0 Å². The van der Waals surface area contributed by atoms with E-state index < -0.39 is 0 Å². The van der Waals surface area contributed by atoms with Gasteiger partial charge in [-0.1, -0.05) is 12.2 Å². The van der Waals surface area contributed by atoms with Crippen molar-refractivity contribution in [3.8, 4) is 0 Å². The van der Waals surface area contributed by atoms with Gasteiger partial charge in [0.1, 0.15) is 0 Å². The number of nitrogens with one attached hydrogen (secondary N) is 1. The molecule has 0 atom stereocenters. The molecule has 0 aromatic rings. The molecule has 5 nitrogen and oxygen atoms in total. The van der Waals surface area contributed by atoms with Crippen molar-refractivity contribution >= 4 is 29.9 Å². The van der Waals surface area contributed by atoms with Gasteiger partial charge in [-0.15, -0.1) is 24.0 Å². The smallest absolute Gasteiger partial charge is 0.188 e. The zero-order chi connectivity index (χ0) is 13.2. The van der Waals surface area contributed by atoms with Gasteiger partial charge in [-0.3, -0.25) is 0 Å². The zero-order valence-corrected chi connectivity index (χ0v) is 14.0. The Balaban J connectivity index is 0.00000324. The Hall–Kier alpha value is -0.340. The molecular formula is C13H26IN3O2. The van der Waals surface area contributed by atoms with Crippen molar-refractivity contribution in [2.75, 3.05) is 32.9 Å². The minimum Gasteiger partial charge on any atom is -0.381 e. The van der Waals surface area contributed by atoms with E-state index in [9.17, 15) is 0 Å². The van der Waals surface area contributed by atoms with E-state index in [1.807, 2.05) is 6.92 Å². The van der Waals surface area contributed by atoms with Crippen LogP contribution in [0.15, 0.2) is 17.1 Å². The lowest BCUT2D eigenvalue weighted by Gasteiger charge is -2.22. The highest BCUT2D eigenvalue weighted by Crippen LogP contribution is 2.10. The van der Waals surface area contributed by atoms with Gasteiger partial charge in [0.05, 0.1) is 12.6 Å². The minimum atomic E-state index is 0. The van der Waals surface area contributed by atoms with E-state index in [0.717, 1.165) is 51.2 Å². The van der Waals surface area contributed by atoms with Crippen LogP contribution < -0.4 is 11.1 Å². The Kier molecular flexibility index (Phi) is 11.3. The highest BCUT2D eigenvalue weighted by molar-refractivity contribution is 14.0. The Morgan fingerprint density at radius 2 is 2.16 bits per heavy atom. The molecule has 0 spiro atoms. The average molecular weight is 383 g/mol. The van der Waals surface area contributed by atoms with Crippen LogP contribution in [0.1, 0.15) is 26.2 Å². The van der Waals surface area contributed by atoms with E-state index in [4.69, 9.17) is 15.2 Å². The van der Waals surface area contributed by atoms with Gasteiger partial charge in [-0.05, 0) is 26.2 Å². The van der Waals surface area contributed by atoms with Crippen molar-refractivity contribution in [3.63, 3.8) is 0 Å². The van der Waals surface area contributed by atoms with Crippen LogP contribution in [0.2, 0.25) is 0 Å². The minimum absolute atomic E-state index is 0. The number of guanidine groups is 1. The van der Waals surface area contributed by atoms with E-state index in [1.54, 1.807) is 0 Å². The lowest BCUT2D eigenvalue weighted by atomic mass is 10.1. The van der Waals surface area contributed by atoms with Gasteiger partial charge < -0.3 is 20.5 Å². The van der Waals surface area contributed by atoms with Crippen LogP contribution in [-0.2, 0) is 9.47 Å². The molecule has 0 saturated carbocycles. The topological polar surface area (TPSA) is 68.9 Å². The maximum Gasteiger partial charge on any atom is 0.188 e. The molecule has 1 rings (SSSR count). The third kappa shape index (κ3) is 10.1. The summed E-state index contributed by atoms with van der Waals surface area (Å²) in [6.45, 7) is 9.47. The molecule has 0 aromatic heterocycles. The first-order valence-electron chi connectivity index (χ1n) is 6.56. The molecule has 0 bridgehead atoms. The molecule has 0 radical (unpaired) electrons. The van der Waals surface area contributed by atoms with Crippen molar-refractivity contribution in [1.29, 1.82) is 0 Å². The molecule has 3 N–H and O–H groups in total. The largest absolute Gasteiger partial charge is 0.381 e. The maximum absolute atomic E-state index is 5.75. The predicted molar refractivity (Wildman–Crippen MR) is 89.1 cm³/mol. The van der Waals surface area contributed by atoms with Gasteiger partial charge in [0, 0.05) is 26.4 Å². The Bertz CT molecular complexity index is 279. The molecular weight excluding hydrogens is 357 g/mol. The third-order valence-corrected chi connectivity index (χ3v) is 2.67. The highest BCUT2D eigenvalue weighted by atomic mass is 127. The van der Waals surface area contributed by atoms with E-state index in [2.05, 4.69) is 16.9 Å². The fourth-order valence-electron chi connectivity index (χ4n) is 1.66. The van der Waals surface area contributed by atoms with Gasteiger partial charge in [0.2, 0.25) is 0 Å². The fourth-order valence-corrected chi connectivity index (χ4v) is 1.66. The van der Waals surface area contributed by atoms with Crippen LogP contribution >= 0.6 is 24.0 Å². The summed E-state index contributed by atoms with van der Waals surface area (Å²) in [6, 6.07) is 0. The fraction of sp³-hybridized carbons (Fsp3) is 0.769. The maximum atomic E-state index is 5.75. The number of halogens is 1. The van der Waals surface area contributed by atoms with Gasteiger partial charge in [0.25, 0.3) is 0 Å². The van der Waals surface area contributed by atoms with E-state index in [0.29, 0.717) is 18.6 Å². The molecule has 0 unspecified atom stereocenters. The first-order valence-corrected chi connectivity index (χ1v) is 6.56. The molecule has 1 fully saturated rings. The molecule has 0 aromatic carbocycles. The summed E-state index contributed by atoms with van der Waals surface area (Å²) in [5.74, 6) is 0.476. The van der Waals surface area contributed by atoms with Gasteiger partial charge >= 0.3 is 0 Å².